The summed E-state index contributed by atoms with van der Waals surface area (Å²) in [6.45, 7) is 2.85. The molecule has 1 fully saturated rings. The lowest BCUT2D eigenvalue weighted by Crippen LogP contribution is -2.59. The Morgan fingerprint density at radius 2 is 2.00 bits per heavy atom. The summed E-state index contributed by atoms with van der Waals surface area (Å²) < 4.78 is 12.3. The first kappa shape index (κ1) is 20.5. The summed E-state index contributed by atoms with van der Waals surface area (Å²) in [5.41, 5.74) is 2.18. The van der Waals surface area contributed by atoms with Crippen LogP contribution in [-0.4, -0.2) is 47.5 Å². The number of nitrogens with zero attached hydrogens (tertiary/aromatic N) is 3. The zero-order valence-corrected chi connectivity index (χ0v) is 18.9. The van der Waals surface area contributed by atoms with Crippen molar-refractivity contribution in [1.29, 1.82) is 0 Å². The summed E-state index contributed by atoms with van der Waals surface area (Å²) in [6, 6.07) is 11.5. The number of benzene rings is 2. The molecule has 3 heterocycles. The topological polar surface area (TPSA) is 54.4 Å². The molecule has 0 unspecified atom stereocenters. The summed E-state index contributed by atoms with van der Waals surface area (Å²) in [6.07, 6.45) is 2.01. The van der Waals surface area contributed by atoms with Crippen LogP contribution in [-0.2, 0) is 4.79 Å². The molecular formula is C23H23Cl2N3O3. The monoisotopic (exact) mass is 459 g/mol. The molecule has 2 aromatic rings. The Morgan fingerprint density at radius 1 is 1.23 bits per heavy atom. The molecular weight excluding hydrogens is 437 g/mol. The minimum absolute atomic E-state index is 0.00414. The molecule has 3 aliphatic rings. The van der Waals surface area contributed by atoms with Crippen LogP contribution in [0.1, 0.15) is 43.4 Å². The van der Waals surface area contributed by atoms with Crippen LogP contribution in [0.25, 0.3) is 0 Å². The van der Waals surface area contributed by atoms with Crippen molar-refractivity contribution in [2.24, 2.45) is 5.10 Å². The lowest BCUT2D eigenvalue weighted by molar-refractivity contribution is -0.159. The van der Waals surface area contributed by atoms with Gasteiger partial charge in [0, 0.05) is 55.4 Å². The van der Waals surface area contributed by atoms with Gasteiger partial charge in [0.2, 0.25) is 11.6 Å². The molecule has 2 aromatic carbocycles. The number of ether oxygens (including phenoxy) is 2. The number of hydrogen-bond donors (Lipinski definition) is 0. The molecule has 0 aromatic heterocycles. The summed E-state index contributed by atoms with van der Waals surface area (Å²) >= 11 is 12.6. The lowest BCUT2D eigenvalue weighted by Gasteiger charge is -2.51. The highest BCUT2D eigenvalue weighted by molar-refractivity contribution is 6.37. The molecule has 0 radical (unpaired) electrons. The van der Waals surface area contributed by atoms with Crippen LogP contribution in [0.2, 0.25) is 10.0 Å². The van der Waals surface area contributed by atoms with Crippen molar-refractivity contribution in [3.05, 3.63) is 57.6 Å². The highest BCUT2D eigenvalue weighted by atomic mass is 35.5. The number of hydrogen-bond acceptors (Lipinski definition) is 5. The summed E-state index contributed by atoms with van der Waals surface area (Å²) in [5.74, 6) is 1.56. The number of para-hydroxylation sites is 1. The molecule has 0 saturated carbocycles. The van der Waals surface area contributed by atoms with Gasteiger partial charge in [0.05, 0.1) is 23.9 Å². The summed E-state index contributed by atoms with van der Waals surface area (Å²) in [7, 11) is 1.65. The number of halogens is 2. The second-order valence-corrected chi connectivity index (χ2v) is 9.01. The van der Waals surface area contributed by atoms with Crippen LogP contribution < -0.4 is 9.47 Å². The number of amides is 1. The average molecular weight is 460 g/mol. The Labute approximate surface area is 191 Å². The first-order valence-corrected chi connectivity index (χ1v) is 11.1. The van der Waals surface area contributed by atoms with Gasteiger partial charge in [-0.3, -0.25) is 4.79 Å². The van der Waals surface area contributed by atoms with Crippen LogP contribution in [0, 0.1) is 0 Å². The van der Waals surface area contributed by atoms with Gasteiger partial charge in [0.1, 0.15) is 0 Å². The number of hydrazone groups is 1. The van der Waals surface area contributed by atoms with Crippen molar-refractivity contribution in [2.45, 2.75) is 38.0 Å². The van der Waals surface area contributed by atoms with Crippen molar-refractivity contribution >= 4 is 34.8 Å². The molecule has 1 saturated heterocycles. The van der Waals surface area contributed by atoms with E-state index in [-0.39, 0.29) is 11.9 Å². The number of methoxy groups -OCH3 is 1. The maximum Gasteiger partial charge on any atom is 0.219 e. The molecule has 1 atom stereocenters. The number of carbonyl (C=O) groups excluding carboxylic acids is 1. The fraction of sp³-hybridized carbons (Fsp3) is 0.391. The predicted molar refractivity (Wildman–Crippen MR) is 120 cm³/mol. The second kappa shape index (κ2) is 7.61. The molecule has 162 valence electrons. The van der Waals surface area contributed by atoms with Crippen molar-refractivity contribution in [3.63, 3.8) is 0 Å². The van der Waals surface area contributed by atoms with E-state index in [2.05, 4.69) is 11.1 Å². The third-order valence-corrected chi connectivity index (χ3v) is 6.99. The molecule has 8 heteroatoms. The van der Waals surface area contributed by atoms with E-state index >= 15 is 0 Å². The maximum absolute atomic E-state index is 11.9. The van der Waals surface area contributed by atoms with E-state index < -0.39 is 5.72 Å². The van der Waals surface area contributed by atoms with E-state index in [0.29, 0.717) is 48.1 Å². The minimum atomic E-state index is -0.640. The first-order valence-electron chi connectivity index (χ1n) is 10.4. The zero-order chi connectivity index (χ0) is 21.8. The fourth-order valence-corrected chi connectivity index (χ4v) is 5.34. The number of fused-ring (bicyclic) bond motifs is 4. The van der Waals surface area contributed by atoms with Gasteiger partial charge in [0.15, 0.2) is 11.5 Å². The minimum Gasteiger partial charge on any atom is -0.493 e. The zero-order valence-electron chi connectivity index (χ0n) is 17.4. The van der Waals surface area contributed by atoms with Crippen LogP contribution >= 0.6 is 23.2 Å². The lowest BCUT2D eigenvalue weighted by atomic mass is 9.90. The molecule has 3 aliphatic heterocycles. The first-order chi connectivity index (χ1) is 14.9. The maximum atomic E-state index is 11.9. The third-order valence-electron chi connectivity index (χ3n) is 6.44. The molecule has 31 heavy (non-hydrogen) atoms. The van der Waals surface area contributed by atoms with E-state index in [1.165, 1.54) is 0 Å². The van der Waals surface area contributed by atoms with E-state index in [9.17, 15) is 4.79 Å². The van der Waals surface area contributed by atoms with Gasteiger partial charge in [-0.05, 0) is 18.2 Å². The molecule has 1 amide bonds. The average Bonchev–Trinajstić information content (AvgIpc) is 3.20. The van der Waals surface area contributed by atoms with Crippen molar-refractivity contribution in [1.82, 2.24) is 9.91 Å². The third kappa shape index (κ3) is 3.33. The van der Waals surface area contributed by atoms with Crippen molar-refractivity contribution in [2.75, 3.05) is 20.2 Å². The largest absolute Gasteiger partial charge is 0.493 e. The number of piperidine rings is 1. The van der Waals surface area contributed by atoms with Gasteiger partial charge in [-0.2, -0.15) is 5.10 Å². The second-order valence-electron chi connectivity index (χ2n) is 8.17. The molecule has 0 aliphatic carbocycles. The van der Waals surface area contributed by atoms with Crippen molar-refractivity contribution < 1.29 is 14.3 Å². The van der Waals surface area contributed by atoms with Gasteiger partial charge >= 0.3 is 0 Å². The van der Waals surface area contributed by atoms with Crippen LogP contribution in [0.3, 0.4) is 0 Å². The summed E-state index contributed by atoms with van der Waals surface area (Å²) in [5, 5.41) is 8.29. The highest BCUT2D eigenvalue weighted by Gasteiger charge is 2.52. The molecule has 0 N–H and O–H groups in total. The molecule has 5 rings (SSSR count). The van der Waals surface area contributed by atoms with Crippen LogP contribution in [0.5, 0.6) is 11.5 Å². The summed E-state index contributed by atoms with van der Waals surface area (Å²) in [4.78, 5) is 13.8. The Hall–Kier alpha value is -2.44. The van der Waals surface area contributed by atoms with Gasteiger partial charge in [-0.1, -0.05) is 41.4 Å². The van der Waals surface area contributed by atoms with Gasteiger partial charge < -0.3 is 14.4 Å². The molecule has 0 bridgehead atoms. The van der Waals surface area contributed by atoms with Crippen LogP contribution in [0.4, 0.5) is 0 Å². The van der Waals surface area contributed by atoms with E-state index in [1.54, 1.807) is 20.1 Å². The normalized spacial score (nSPS) is 21.3. The smallest absolute Gasteiger partial charge is 0.219 e. The van der Waals surface area contributed by atoms with E-state index in [0.717, 1.165) is 22.6 Å². The highest BCUT2D eigenvalue weighted by Crippen LogP contribution is 2.53. The Balaban J connectivity index is 1.59. The SMILES string of the molecule is COc1cccc2c1OC1(CCN(C(C)=O)CC1)N1N=C(c3ccc(Cl)cc3Cl)C[C@H]21. The Bertz CT molecular complexity index is 1080. The Kier molecular flexibility index (Phi) is 5.02. The standard InChI is InChI=1S/C23H23Cl2N3O3/c1-14(29)27-10-8-23(9-11-27)28-20(17-4-3-5-21(30-2)22(17)31-23)13-19(26-28)16-7-6-15(24)12-18(16)25/h3-7,12,20H,8-11,13H2,1-2H3/t20-/m1/s1. The number of rotatable bonds is 2. The Morgan fingerprint density at radius 3 is 2.68 bits per heavy atom. The predicted octanol–water partition coefficient (Wildman–Crippen LogP) is 4.88. The number of carbonyl (C=O) groups is 1. The number of likely N-dealkylation sites (tertiary alicyclic amines) is 1. The van der Waals surface area contributed by atoms with Gasteiger partial charge in [0.25, 0.3) is 0 Å². The quantitative estimate of drug-likeness (QED) is 0.641. The molecule has 1 spiro atoms. The van der Waals surface area contributed by atoms with Gasteiger partial charge in [-0.25, -0.2) is 5.01 Å². The fourth-order valence-electron chi connectivity index (χ4n) is 4.82. The molecule has 6 nitrogen and oxygen atoms in total. The van der Waals surface area contributed by atoms with Gasteiger partial charge in [-0.15, -0.1) is 0 Å². The van der Waals surface area contributed by atoms with Crippen LogP contribution in [0.15, 0.2) is 41.5 Å². The van der Waals surface area contributed by atoms with E-state index in [4.69, 9.17) is 37.8 Å². The van der Waals surface area contributed by atoms with E-state index in [1.807, 2.05) is 29.2 Å². The van der Waals surface area contributed by atoms with Crippen molar-refractivity contribution in [3.8, 4) is 11.5 Å².